The number of esters is 1. The summed E-state index contributed by atoms with van der Waals surface area (Å²) in [5.74, 6) is -0.628. The number of furan rings is 1. The van der Waals surface area contributed by atoms with Gasteiger partial charge in [0.05, 0.1) is 25.2 Å². The molecule has 0 saturated heterocycles. The molecule has 2 aromatic rings. The molecule has 0 unspecified atom stereocenters. The first kappa shape index (κ1) is 21.2. The van der Waals surface area contributed by atoms with Crippen LogP contribution in [0.4, 0.5) is 5.88 Å². The maximum absolute atomic E-state index is 12.2. The second-order valence-electron chi connectivity index (χ2n) is 6.16. The smallest absolute Gasteiger partial charge is 0.344 e. The first-order chi connectivity index (χ1) is 13.4. The topological polar surface area (TPSA) is 94.8 Å². The van der Waals surface area contributed by atoms with Gasteiger partial charge in [0.15, 0.2) is 5.78 Å². The third kappa shape index (κ3) is 5.22. The Morgan fingerprint density at radius 3 is 2.32 bits per heavy atom. The number of ether oxygens (including phenoxy) is 2. The maximum atomic E-state index is 12.2. The summed E-state index contributed by atoms with van der Waals surface area (Å²) < 4.78 is 16.0. The van der Waals surface area contributed by atoms with Crippen LogP contribution < -0.4 is 10.1 Å². The molecule has 1 amide bonds. The van der Waals surface area contributed by atoms with E-state index in [-0.39, 0.29) is 48.2 Å². The molecule has 1 aromatic heterocycles. The van der Waals surface area contributed by atoms with Gasteiger partial charge in [-0.2, -0.15) is 0 Å². The van der Waals surface area contributed by atoms with Gasteiger partial charge in [0.2, 0.25) is 11.8 Å². The van der Waals surface area contributed by atoms with Crippen molar-refractivity contribution in [3.05, 3.63) is 46.7 Å². The van der Waals surface area contributed by atoms with Crippen molar-refractivity contribution < 1.29 is 28.3 Å². The van der Waals surface area contributed by atoms with Crippen molar-refractivity contribution >= 4 is 23.5 Å². The number of Topliss-reactive ketones (excluding diaryl/α,β-unsaturated/α-hetero) is 1. The fourth-order valence-corrected chi connectivity index (χ4v) is 2.73. The maximum Gasteiger partial charge on any atom is 0.344 e. The van der Waals surface area contributed by atoms with Crippen LogP contribution in [0.25, 0.3) is 0 Å². The first-order valence-electron chi connectivity index (χ1n) is 9.20. The molecule has 7 heteroatoms. The summed E-state index contributed by atoms with van der Waals surface area (Å²) in [5, 5.41) is 2.53. The molecular weight excluding hydrogens is 362 g/mol. The highest BCUT2D eigenvalue weighted by atomic mass is 16.5. The SMILES string of the molecule is CCOC(=O)c1c(NC(=O)CCOc2ccc(CC)cc2)oc(C)c1C(C)=O. The number of benzene rings is 1. The number of rotatable bonds is 9. The van der Waals surface area contributed by atoms with Crippen molar-refractivity contribution in [2.75, 3.05) is 18.5 Å². The quantitative estimate of drug-likeness (QED) is 0.517. The van der Waals surface area contributed by atoms with E-state index in [0.717, 1.165) is 6.42 Å². The van der Waals surface area contributed by atoms with Gasteiger partial charge in [-0.3, -0.25) is 14.9 Å². The molecule has 0 bridgehead atoms. The van der Waals surface area contributed by atoms with Gasteiger partial charge in [-0.05, 0) is 44.9 Å². The van der Waals surface area contributed by atoms with Crippen LogP contribution in [0.3, 0.4) is 0 Å². The number of aryl methyl sites for hydroxylation is 2. The summed E-state index contributed by atoms with van der Waals surface area (Å²) in [6.45, 7) is 6.89. The van der Waals surface area contributed by atoms with Crippen molar-refractivity contribution in [1.29, 1.82) is 0 Å². The molecule has 0 aliphatic carbocycles. The summed E-state index contributed by atoms with van der Waals surface area (Å²) in [7, 11) is 0. The van der Waals surface area contributed by atoms with E-state index in [2.05, 4.69) is 12.2 Å². The molecule has 1 heterocycles. The van der Waals surface area contributed by atoms with E-state index >= 15 is 0 Å². The third-order valence-corrected chi connectivity index (χ3v) is 4.10. The van der Waals surface area contributed by atoms with Crippen LogP contribution in [0.1, 0.15) is 59.2 Å². The largest absolute Gasteiger partial charge is 0.493 e. The van der Waals surface area contributed by atoms with Crippen LogP contribution in [0.5, 0.6) is 5.75 Å². The van der Waals surface area contributed by atoms with Gasteiger partial charge in [-0.25, -0.2) is 4.79 Å². The zero-order valence-electron chi connectivity index (χ0n) is 16.6. The summed E-state index contributed by atoms with van der Waals surface area (Å²) in [5.41, 5.74) is 1.25. The minimum absolute atomic E-state index is 0.0486. The molecule has 0 fully saturated rings. The lowest BCUT2D eigenvalue weighted by Gasteiger charge is -2.08. The molecule has 1 aromatic carbocycles. The lowest BCUT2D eigenvalue weighted by atomic mass is 10.1. The molecule has 0 aliphatic rings. The van der Waals surface area contributed by atoms with E-state index in [4.69, 9.17) is 13.9 Å². The molecule has 0 radical (unpaired) electrons. The van der Waals surface area contributed by atoms with Crippen LogP contribution in [0.15, 0.2) is 28.7 Å². The molecule has 0 saturated carbocycles. The Morgan fingerprint density at radius 1 is 1.07 bits per heavy atom. The average molecular weight is 387 g/mol. The molecular formula is C21H25NO6. The number of anilines is 1. The Labute approximate surface area is 164 Å². The summed E-state index contributed by atoms with van der Waals surface area (Å²) in [6.07, 6.45) is 0.989. The highest BCUT2D eigenvalue weighted by molar-refractivity contribution is 6.10. The lowest BCUT2D eigenvalue weighted by Crippen LogP contribution is -2.18. The minimum atomic E-state index is -0.716. The Balaban J connectivity index is 2.03. The van der Waals surface area contributed by atoms with Crippen molar-refractivity contribution in [3.8, 4) is 5.75 Å². The Kier molecular flexibility index (Phi) is 7.37. The standard InChI is InChI=1S/C21H25NO6/c1-5-15-7-9-16(10-8-15)27-12-11-17(24)22-20-19(21(25)26-6-2)18(13(3)23)14(4)28-20/h7-10H,5-6,11-12H2,1-4H3,(H,22,24). The molecule has 0 spiro atoms. The van der Waals surface area contributed by atoms with Gasteiger partial charge in [-0.15, -0.1) is 0 Å². The summed E-state index contributed by atoms with van der Waals surface area (Å²) in [6, 6.07) is 7.64. The number of amides is 1. The van der Waals surface area contributed by atoms with E-state index in [0.29, 0.717) is 5.75 Å². The van der Waals surface area contributed by atoms with E-state index < -0.39 is 11.9 Å². The number of nitrogens with one attached hydrogen (secondary N) is 1. The van der Waals surface area contributed by atoms with Gasteiger partial charge >= 0.3 is 5.97 Å². The predicted molar refractivity (Wildman–Crippen MR) is 104 cm³/mol. The highest BCUT2D eigenvalue weighted by Gasteiger charge is 2.28. The first-order valence-corrected chi connectivity index (χ1v) is 9.20. The Morgan fingerprint density at radius 2 is 1.75 bits per heavy atom. The van der Waals surface area contributed by atoms with Crippen LogP contribution in [-0.4, -0.2) is 30.9 Å². The number of hydrogen-bond donors (Lipinski definition) is 1. The van der Waals surface area contributed by atoms with E-state index in [1.807, 2.05) is 24.3 Å². The number of carbonyl (C=O) groups is 3. The fraction of sp³-hybridized carbons (Fsp3) is 0.381. The lowest BCUT2D eigenvalue weighted by molar-refractivity contribution is -0.116. The van der Waals surface area contributed by atoms with Gasteiger partial charge in [0.25, 0.3) is 0 Å². The molecule has 0 aliphatic heterocycles. The van der Waals surface area contributed by atoms with Gasteiger partial charge in [0.1, 0.15) is 17.1 Å². The van der Waals surface area contributed by atoms with E-state index in [9.17, 15) is 14.4 Å². The van der Waals surface area contributed by atoms with Crippen LogP contribution in [0, 0.1) is 6.92 Å². The second kappa shape index (κ2) is 9.73. The zero-order chi connectivity index (χ0) is 20.7. The van der Waals surface area contributed by atoms with Gasteiger partial charge in [0, 0.05) is 0 Å². The molecule has 28 heavy (non-hydrogen) atoms. The monoisotopic (exact) mass is 387 g/mol. The fourth-order valence-electron chi connectivity index (χ4n) is 2.73. The number of ketones is 1. The predicted octanol–water partition coefficient (Wildman–Crippen LogP) is 3.94. The molecule has 7 nitrogen and oxygen atoms in total. The summed E-state index contributed by atoms with van der Waals surface area (Å²) in [4.78, 5) is 36.3. The molecule has 1 N–H and O–H groups in total. The van der Waals surface area contributed by atoms with Gasteiger partial charge in [-0.1, -0.05) is 19.1 Å². The second-order valence-corrected chi connectivity index (χ2v) is 6.16. The van der Waals surface area contributed by atoms with Crippen LogP contribution in [-0.2, 0) is 16.0 Å². The van der Waals surface area contributed by atoms with Crippen molar-refractivity contribution in [3.63, 3.8) is 0 Å². The molecule has 0 atom stereocenters. The number of hydrogen-bond acceptors (Lipinski definition) is 6. The minimum Gasteiger partial charge on any atom is -0.493 e. The summed E-state index contributed by atoms with van der Waals surface area (Å²) >= 11 is 0. The van der Waals surface area contributed by atoms with Crippen molar-refractivity contribution in [2.45, 2.75) is 40.5 Å². The Hall–Kier alpha value is -3.09. The van der Waals surface area contributed by atoms with E-state index in [1.54, 1.807) is 13.8 Å². The highest BCUT2D eigenvalue weighted by Crippen LogP contribution is 2.28. The van der Waals surface area contributed by atoms with Crippen molar-refractivity contribution in [1.82, 2.24) is 0 Å². The third-order valence-electron chi connectivity index (χ3n) is 4.10. The number of carbonyl (C=O) groups excluding carboxylic acids is 3. The van der Waals surface area contributed by atoms with Crippen LogP contribution in [0.2, 0.25) is 0 Å². The van der Waals surface area contributed by atoms with E-state index in [1.165, 1.54) is 12.5 Å². The van der Waals surface area contributed by atoms with Crippen LogP contribution >= 0.6 is 0 Å². The van der Waals surface area contributed by atoms with Crippen molar-refractivity contribution in [2.24, 2.45) is 0 Å². The molecule has 150 valence electrons. The average Bonchev–Trinajstić information content (AvgIpc) is 2.98. The normalized spacial score (nSPS) is 10.4. The Bertz CT molecular complexity index is 851. The zero-order valence-corrected chi connectivity index (χ0v) is 16.6. The molecule has 2 rings (SSSR count). The van der Waals surface area contributed by atoms with Gasteiger partial charge < -0.3 is 13.9 Å².